The Hall–Kier alpha value is -2.46. The lowest BCUT2D eigenvalue weighted by Gasteiger charge is -2.20. The molecule has 1 atom stereocenters. The molecule has 122 valence electrons. The van der Waals surface area contributed by atoms with Crippen LogP contribution in [0.3, 0.4) is 0 Å². The predicted molar refractivity (Wildman–Crippen MR) is 98.9 cm³/mol. The molecule has 2 aromatic rings. The number of para-hydroxylation sites is 2. The summed E-state index contributed by atoms with van der Waals surface area (Å²) in [6.07, 6.45) is 0.750. The lowest BCUT2D eigenvalue weighted by atomic mass is 9.91. The molecule has 1 heterocycles. The lowest BCUT2D eigenvalue weighted by molar-refractivity contribution is -0.117. The summed E-state index contributed by atoms with van der Waals surface area (Å²) in [6, 6.07) is 15.3. The van der Waals surface area contributed by atoms with Crippen molar-refractivity contribution < 1.29 is 4.79 Å². The number of nitrogens with one attached hydrogen (secondary N) is 1. The van der Waals surface area contributed by atoms with E-state index >= 15 is 0 Å². The Balaban J connectivity index is 2.19. The van der Waals surface area contributed by atoms with E-state index in [9.17, 15) is 4.79 Å². The minimum Gasteiger partial charge on any atom is -0.314 e. The van der Waals surface area contributed by atoms with E-state index in [0.717, 1.165) is 29.1 Å². The highest BCUT2D eigenvalue weighted by molar-refractivity contribution is 6.30. The molecular weight excluding hydrogens is 322 g/mol. The van der Waals surface area contributed by atoms with Gasteiger partial charge < -0.3 is 5.32 Å². The molecule has 2 aromatic carbocycles. The standard InChI is InChI=1S/C19H18ClN3O/c1-3-15-18(13-8-10-14(20)11-9-13)19(21-12(2)24)23-17-7-5-4-6-16(17)22-15/h4-11,18H,3H2,1-2H3,(H,21,23,24)/t18-/m1/s1. The van der Waals surface area contributed by atoms with Crippen LogP contribution in [0.4, 0.5) is 11.4 Å². The number of aliphatic imine (C=N–C) groups is 2. The summed E-state index contributed by atoms with van der Waals surface area (Å²) >= 11 is 6.02. The number of benzene rings is 2. The average Bonchev–Trinajstić information content (AvgIpc) is 2.71. The molecule has 0 spiro atoms. The van der Waals surface area contributed by atoms with Crippen LogP contribution in [0, 0.1) is 0 Å². The van der Waals surface area contributed by atoms with Gasteiger partial charge in [0.25, 0.3) is 0 Å². The molecule has 1 aliphatic rings. The van der Waals surface area contributed by atoms with Crippen molar-refractivity contribution in [3.05, 3.63) is 59.1 Å². The first-order valence-electron chi connectivity index (χ1n) is 7.86. The molecule has 0 fully saturated rings. The topological polar surface area (TPSA) is 53.8 Å². The summed E-state index contributed by atoms with van der Waals surface area (Å²) in [7, 11) is 0. The Morgan fingerprint density at radius 2 is 1.71 bits per heavy atom. The van der Waals surface area contributed by atoms with Gasteiger partial charge in [0, 0.05) is 17.7 Å². The van der Waals surface area contributed by atoms with Gasteiger partial charge in [-0.2, -0.15) is 0 Å². The van der Waals surface area contributed by atoms with Crippen molar-refractivity contribution >= 4 is 40.4 Å². The molecule has 0 aromatic heterocycles. The van der Waals surface area contributed by atoms with Crippen LogP contribution in [0.1, 0.15) is 31.7 Å². The Morgan fingerprint density at radius 1 is 1.08 bits per heavy atom. The quantitative estimate of drug-likeness (QED) is 0.840. The summed E-state index contributed by atoms with van der Waals surface area (Å²) in [5.41, 5.74) is 3.52. The van der Waals surface area contributed by atoms with Crippen molar-refractivity contribution in [2.45, 2.75) is 26.2 Å². The number of nitrogens with zero attached hydrogens (tertiary/aromatic N) is 2. The minimum atomic E-state index is -0.205. The highest BCUT2D eigenvalue weighted by Crippen LogP contribution is 2.35. The van der Waals surface area contributed by atoms with Gasteiger partial charge in [-0.3, -0.25) is 9.79 Å². The maximum Gasteiger partial charge on any atom is 0.222 e. The number of carbonyl (C=O) groups is 1. The Morgan fingerprint density at radius 3 is 2.29 bits per heavy atom. The largest absolute Gasteiger partial charge is 0.314 e. The van der Waals surface area contributed by atoms with Crippen LogP contribution in [0.15, 0.2) is 58.5 Å². The Bertz CT molecular complexity index is 825. The third-order valence-corrected chi connectivity index (χ3v) is 4.12. The lowest BCUT2D eigenvalue weighted by Crippen LogP contribution is -2.36. The van der Waals surface area contributed by atoms with Gasteiger partial charge in [0.15, 0.2) is 0 Å². The number of amides is 1. The Labute approximate surface area is 146 Å². The molecule has 0 saturated carbocycles. The van der Waals surface area contributed by atoms with E-state index in [0.29, 0.717) is 10.9 Å². The number of halogens is 1. The van der Waals surface area contributed by atoms with Crippen LogP contribution in [0.2, 0.25) is 5.02 Å². The average molecular weight is 340 g/mol. The van der Waals surface area contributed by atoms with E-state index in [2.05, 4.69) is 12.2 Å². The summed E-state index contributed by atoms with van der Waals surface area (Å²) in [6.45, 7) is 3.54. The van der Waals surface area contributed by atoms with Crippen molar-refractivity contribution in [1.82, 2.24) is 5.32 Å². The highest BCUT2D eigenvalue weighted by Gasteiger charge is 2.27. The Kier molecular flexibility index (Phi) is 4.76. The van der Waals surface area contributed by atoms with Crippen molar-refractivity contribution in [1.29, 1.82) is 0 Å². The number of fused-ring (bicyclic) bond motifs is 1. The van der Waals surface area contributed by atoms with Gasteiger partial charge >= 0.3 is 0 Å². The molecule has 1 amide bonds. The van der Waals surface area contributed by atoms with Crippen molar-refractivity contribution in [3.8, 4) is 0 Å². The zero-order valence-corrected chi connectivity index (χ0v) is 14.3. The van der Waals surface area contributed by atoms with Gasteiger partial charge in [-0.15, -0.1) is 0 Å². The van der Waals surface area contributed by atoms with Gasteiger partial charge in [-0.05, 0) is 36.2 Å². The van der Waals surface area contributed by atoms with Crippen LogP contribution in [-0.4, -0.2) is 17.5 Å². The molecular formula is C19H18ClN3O. The molecule has 24 heavy (non-hydrogen) atoms. The van der Waals surface area contributed by atoms with Gasteiger partial charge in [0.05, 0.1) is 17.3 Å². The SMILES string of the molecule is CCC1=Nc2ccccc2N=C(NC(C)=O)[C@@H]1c1ccc(Cl)cc1. The fourth-order valence-electron chi connectivity index (χ4n) is 2.79. The van der Waals surface area contributed by atoms with Gasteiger partial charge in [0.2, 0.25) is 5.91 Å². The molecule has 0 radical (unpaired) electrons. The van der Waals surface area contributed by atoms with Gasteiger partial charge in [0.1, 0.15) is 5.84 Å². The number of rotatable bonds is 2. The van der Waals surface area contributed by atoms with E-state index < -0.39 is 0 Å². The maximum atomic E-state index is 11.7. The normalized spacial score (nSPS) is 16.5. The van der Waals surface area contributed by atoms with Crippen molar-refractivity contribution in [2.75, 3.05) is 0 Å². The van der Waals surface area contributed by atoms with E-state index in [1.54, 1.807) is 0 Å². The maximum absolute atomic E-state index is 11.7. The molecule has 4 nitrogen and oxygen atoms in total. The molecule has 1 N–H and O–H groups in total. The zero-order chi connectivity index (χ0) is 17.1. The van der Waals surface area contributed by atoms with E-state index in [1.807, 2.05) is 48.5 Å². The summed E-state index contributed by atoms with van der Waals surface area (Å²) in [5, 5.41) is 3.56. The van der Waals surface area contributed by atoms with Gasteiger partial charge in [-0.1, -0.05) is 42.8 Å². The van der Waals surface area contributed by atoms with Crippen LogP contribution in [0.5, 0.6) is 0 Å². The van der Waals surface area contributed by atoms with E-state index in [1.165, 1.54) is 6.92 Å². The fourth-order valence-corrected chi connectivity index (χ4v) is 2.92. The molecule has 0 unspecified atom stereocenters. The fraction of sp³-hybridized carbons (Fsp3) is 0.211. The van der Waals surface area contributed by atoms with Gasteiger partial charge in [-0.25, -0.2) is 4.99 Å². The first-order chi connectivity index (χ1) is 11.6. The third kappa shape index (κ3) is 3.39. The van der Waals surface area contributed by atoms with Crippen LogP contribution in [0.25, 0.3) is 0 Å². The second-order valence-electron chi connectivity index (χ2n) is 5.61. The molecule has 0 aliphatic carbocycles. The first-order valence-corrected chi connectivity index (χ1v) is 8.24. The molecule has 1 aliphatic heterocycles. The molecule has 0 saturated heterocycles. The van der Waals surface area contributed by atoms with Crippen LogP contribution in [-0.2, 0) is 4.79 Å². The second-order valence-corrected chi connectivity index (χ2v) is 6.04. The second kappa shape index (κ2) is 6.97. The molecule has 3 rings (SSSR count). The van der Waals surface area contributed by atoms with Crippen molar-refractivity contribution in [3.63, 3.8) is 0 Å². The highest BCUT2D eigenvalue weighted by atomic mass is 35.5. The smallest absolute Gasteiger partial charge is 0.222 e. The number of amidine groups is 1. The minimum absolute atomic E-state index is 0.150. The van der Waals surface area contributed by atoms with Crippen molar-refractivity contribution in [2.24, 2.45) is 9.98 Å². The monoisotopic (exact) mass is 339 g/mol. The third-order valence-electron chi connectivity index (χ3n) is 3.86. The molecule has 0 bridgehead atoms. The summed E-state index contributed by atoms with van der Waals surface area (Å²) < 4.78 is 0. The first kappa shape index (κ1) is 16.4. The summed E-state index contributed by atoms with van der Waals surface area (Å²) in [4.78, 5) is 21.2. The predicted octanol–water partition coefficient (Wildman–Crippen LogP) is 4.79. The van der Waals surface area contributed by atoms with E-state index in [-0.39, 0.29) is 11.8 Å². The number of hydrogen-bond acceptors (Lipinski definition) is 3. The summed E-state index contributed by atoms with van der Waals surface area (Å²) in [5.74, 6) is 0.237. The van der Waals surface area contributed by atoms with Crippen LogP contribution < -0.4 is 5.32 Å². The number of hydrogen-bond donors (Lipinski definition) is 1. The van der Waals surface area contributed by atoms with E-state index in [4.69, 9.17) is 21.6 Å². The van der Waals surface area contributed by atoms with Crippen LogP contribution >= 0.6 is 11.6 Å². The zero-order valence-electron chi connectivity index (χ0n) is 13.6. The molecule has 5 heteroatoms. The number of carbonyl (C=O) groups excluding carboxylic acids is 1.